The molecular formula is C15H15N3S. The van der Waals surface area contributed by atoms with Crippen molar-refractivity contribution in [2.24, 2.45) is 0 Å². The maximum Gasteiger partial charge on any atom is 0.160 e. The Kier molecular flexibility index (Phi) is 3.51. The number of hydrogen-bond acceptors (Lipinski definition) is 3. The monoisotopic (exact) mass is 269 g/mol. The summed E-state index contributed by atoms with van der Waals surface area (Å²) in [5, 5.41) is 0. The molecule has 0 unspecified atom stereocenters. The van der Waals surface area contributed by atoms with Gasteiger partial charge in [-0.15, -0.1) is 0 Å². The first kappa shape index (κ1) is 12.2. The van der Waals surface area contributed by atoms with Gasteiger partial charge in [0.15, 0.2) is 5.65 Å². The van der Waals surface area contributed by atoms with Crippen LogP contribution in [0.5, 0.6) is 0 Å². The van der Waals surface area contributed by atoms with E-state index in [2.05, 4.69) is 51.1 Å². The number of nitrogens with zero attached hydrogens (tertiary/aromatic N) is 3. The van der Waals surface area contributed by atoms with Crippen LogP contribution in [0.25, 0.3) is 11.2 Å². The summed E-state index contributed by atoms with van der Waals surface area (Å²) in [5.74, 6) is 0.981. The standard InChI is InChI=1S/C15H15N3S/c1-19-10-13-7-14-15(16-8-13)18(11-17-14)9-12-5-3-2-4-6-12/h2-8,11H,9-10H2,1H3. The van der Waals surface area contributed by atoms with Gasteiger partial charge in [0, 0.05) is 11.9 Å². The van der Waals surface area contributed by atoms with Crippen molar-refractivity contribution in [3.05, 3.63) is 60.0 Å². The summed E-state index contributed by atoms with van der Waals surface area (Å²) in [4.78, 5) is 8.99. The van der Waals surface area contributed by atoms with Crippen molar-refractivity contribution in [1.29, 1.82) is 0 Å². The molecule has 0 amide bonds. The molecule has 2 heterocycles. The summed E-state index contributed by atoms with van der Waals surface area (Å²) in [5.41, 5.74) is 4.41. The van der Waals surface area contributed by atoms with Gasteiger partial charge in [-0.2, -0.15) is 11.8 Å². The predicted octanol–water partition coefficient (Wildman–Crippen LogP) is 3.34. The Morgan fingerprint density at radius 1 is 1.11 bits per heavy atom. The molecule has 4 heteroatoms. The SMILES string of the molecule is CSCc1cnc2c(c1)ncn2Cc1ccccc1. The first-order valence-corrected chi connectivity index (χ1v) is 7.59. The third-order valence-electron chi connectivity index (χ3n) is 3.02. The van der Waals surface area contributed by atoms with Gasteiger partial charge in [0.25, 0.3) is 0 Å². The van der Waals surface area contributed by atoms with E-state index in [9.17, 15) is 0 Å². The highest BCUT2D eigenvalue weighted by molar-refractivity contribution is 7.97. The molecule has 0 spiro atoms. The molecule has 0 saturated carbocycles. The van der Waals surface area contributed by atoms with E-state index in [4.69, 9.17) is 0 Å². The number of fused-ring (bicyclic) bond motifs is 1. The lowest BCUT2D eigenvalue weighted by molar-refractivity contribution is 0.814. The minimum Gasteiger partial charge on any atom is -0.311 e. The Morgan fingerprint density at radius 3 is 2.74 bits per heavy atom. The van der Waals surface area contributed by atoms with Gasteiger partial charge in [-0.3, -0.25) is 0 Å². The van der Waals surface area contributed by atoms with Crippen LogP contribution in [0.4, 0.5) is 0 Å². The number of benzene rings is 1. The van der Waals surface area contributed by atoms with Crippen LogP contribution in [0.2, 0.25) is 0 Å². The van der Waals surface area contributed by atoms with Crippen LogP contribution in [-0.4, -0.2) is 20.8 Å². The molecule has 19 heavy (non-hydrogen) atoms. The van der Waals surface area contributed by atoms with Crippen molar-refractivity contribution in [3.63, 3.8) is 0 Å². The lowest BCUT2D eigenvalue weighted by Crippen LogP contribution is -1.99. The van der Waals surface area contributed by atoms with Gasteiger partial charge in [-0.1, -0.05) is 30.3 Å². The predicted molar refractivity (Wildman–Crippen MR) is 80.3 cm³/mol. The Labute approximate surface area is 116 Å². The zero-order valence-electron chi connectivity index (χ0n) is 10.8. The van der Waals surface area contributed by atoms with Gasteiger partial charge >= 0.3 is 0 Å². The van der Waals surface area contributed by atoms with Crippen LogP contribution in [-0.2, 0) is 12.3 Å². The Morgan fingerprint density at radius 2 is 1.95 bits per heavy atom. The second-order valence-corrected chi connectivity index (χ2v) is 5.34. The lowest BCUT2D eigenvalue weighted by atomic mass is 10.2. The number of aromatic nitrogens is 3. The smallest absolute Gasteiger partial charge is 0.160 e. The fraction of sp³-hybridized carbons (Fsp3) is 0.200. The topological polar surface area (TPSA) is 30.7 Å². The molecule has 0 N–H and O–H groups in total. The average molecular weight is 269 g/mol. The van der Waals surface area contributed by atoms with Crippen LogP contribution in [0.1, 0.15) is 11.1 Å². The summed E-state index contributed by atoms with van der Waals surface area (Å²) in [6.45, 7) is 0.812. The van der Waals surface area contributed by atoms with Crippen LogP contribution in [0.3, 0.4) is 0 Å². The number of rotatable bonds is 4. The van der Waals surface area contributed by atoms with Crippen LogP contribution >= 0.6 is 11.8 Å². The molecule has 0 saturated heterocycles. The van der Waals surface area contributed by atoms with E-state index in [1.807, 2.05) is 18.6 Å². The summed E-state index contributed by atoms with van der Waals surface area (Å²) >= 11 is 1.80. The van der Waals surface area contributed by atoms with Crippen molar-refractivity contribution in [1.82, 2.24) is 14.5 Å². The number of imidazole rings is 1. The molecule has 3 nitrogen and oxygen atoms in total. The first-order valence-electron chi connectivity index (χ1n) is 6.19. The molecule has 0 atom stereocenters. The highest BCUT2D eigenvalue weighted by atomic mass is 32.2. The van der Waals surface area contributed by atoms with Crippen molar-refractivity contribution in [2.75, 3.05) is 6.26 Å². The zero-order chi connectivity index (χ0) is 13.1. The molecule has 0 bridgehead atoms. The molecule has 3 rings (SSSR count). The minimum atomic E-state index is 0.812. The van der Waals surface area contributed by atoms with Gasteiger partial charge in [-0.25, -0.2) is 9.97 Å². The van der Waals surface area contributed by atoms with Gasteiger partial charge in [-0.05, 0) is 23.4 Å². The average Bonchev–Trinajstić information content (AvgIpc) is 2.83. The largest absolute Gasteiger partial charge is 0.311 e. The van der Waals surface area contributed by atoms with Crippen molar-refractivity contribution in [2.45, 2.75) is 12.3 Å². The van der Waals surface area contributed by atoms with Gasteiger partial charge in [0.05, 0.1) is 12.9 Å². The highest BCUT2D eigenvalue weighted by Crippen LogP contribution is 2.16. The number of hydrogen-bond donors (Lipinski definition) is 0. The normalized spacial score (nSPS) is 11.0. The maximum absolute atomic E-state index is 4.54. The van der Waals surface area contributed by atoms with Crippen LogP contribution < -0.4 is 0 Å². The molecule has 96 valence electrons. The third-order valence-corrected chi connectivity index (χ3v) is 3.64. The van der Waals surface area contributed by atoms with E-state index in [0.717, 1.165) is 23.5 Å². The first-order chi connectivity index (χ1) is 9.36. The van der Waals surface area contributed by atoms with E-state index >= 15 is 0 Å². The Hall–Kier alpha value is -1.81. The molecule has 1 aromatic carbocycles. The number of thioether (sulfide) groups is 1. The van der Waals surface area contributed by atoms with E-state index in [0.29, 0.717) is 0 Å². The fourth-order valence-electron chi connectivity index (χ4n) is 2.13. The third kappa shape index (κ3) is 2.63. The van der Waals surface area contributed by atoms with Crippen molar-refractivity contribution >= 4 is 22.9 Å². The molecule has 3 aromatic rings. The second-order valence-electron chi connectivity index (χ2n) is 4.48. The van der Waals surface area contributed by atoms with Gasteiger partial charge in [0.2, 0.25) is 0 Å². The molecule has 0 aliphatic heterocycles. The van der Waals surface area contributed by atoms with Gasteiger partial charge in [0.1, 0.15) is 5.52 Å². The highest BCUT2D eigenvalue weighted by Gasteiger charge is 2.05. The Balaban J connectivity index is 1.93. The minimum absolute atomic E-state index is 0.812. The van der Waals surface area contributed by atoms with E-state index in [-0.39, 0.29) is 0 Å². The molecule has 0 aliphatic rings. The van der Waals surface area contributed by atoms with E-state index in [1.165, 1.54) is 11.1 Å². The van der Waals surface area contributed by atoms with E-state index < -0.39 is 0 Å². The summed E-state index contributed by atoms with van der Waals surface area (Å²) in [6.07, 6.45) is 5.91. The van der Waals surface area contributed by atoms with Crippen molar-refractivity contribution < 1.29 is 0 Å². The summed E-state index contributed by atoms with van der Waals surface area (Å²) < 4.78 is 2.09. The molecule has 0 fully saturated rings. The van der Waals surface area contributed by atoms with Gasteiger partial charge < -0.3 is 4.57 Å². The molecule has 0 aliphatic carbocycles. The quantitative estimate of drug-likeness (QED) is 0.728. The molecule has 2 aromatic heterocycles. The number of pyridine rings is 1. The molecule has 0 radical (unpaired) electrons. The zero-order valence-corrected chi connectivity index (χ0v) is 11.6. The van der Waals surface area contributed by atoms with Crippen LogP contribution in [0.15, 0.2) is 48.9 Å². The van der Waals surface area contributed by atoms with Crippen LogP contribution in [0, 0.1) is 0 Å². The molecular weight excluding hydrogens is 254 g/mol. The fourth-order valence-corrected chi connectivity index (χ4v) is 2.62. The Bertz CT molecular complexity index is 676. The lowest BCUT2D eigenvalue weighted by Gasteiger charge is -2.04. The second kappa shape index (κ2) is 5.45. The van der Waals surface area contributed by atoms with E-state index in [1.54, 1.807) is 11.8 Å². The summed E-state index contributed by atoms with van der Waals surface area (Å²) in [7, 11) is 0. The van der Waals surface area contributed by atoms with Crippen molar-refractivity contribution in [3.8, 4) is 0 Å². The maximum atomic E-state index is 4.54. The summed E-state index contributed by atoms with van der Waals surface area (Å²) in [6, 6.07) is 12.5.